The average molecular weight is 245 g/mol. The highest BCUT2D eigenvalue weighted by atomic mass is 16.6. The lowest BCUT2D eigenvalue weighted by atomic mass is 10.1. The van der Waals surface area contributed by atoms with Crippen molar-refractivity contribution in [2.24, 2.45) is 5.73 Å². The van der Waals surface area contributed by atoms with Gasteiger partial charge in [-0.25, -0.2) is 0 Å². The lowest BCUT2D eigenvalue weighted by Gasteiger charge is -2.18. The minimum atomic E-state index is 0.592. The molecule has 2 aromatic rings. The number of H-pyrrole nitrogens is 1. The molecule has 0 amide bonds. The molecule has 0 fully saturated rings. The van der Waals surface area contributed by atoms with Gasteiger partial charge in [0.05, 0.1) is 11.9 Å². The second kappa shape index (κ2) is 4.70. The summed E-state index contributed by atoms with van der Waals surface area (Å²) in [5.41, 5.74) is 8.75. The lowest BCUT2D eigenvalue weighted by Crippen LogP contribution is -2.15. The topological polar surface area (TPSA) is 73.2 Å². The van der Waals surface area contributed by atoms with Gasteiger partial charge in [-0.05, 0) is 36.7 Å². The van der Waals surface area contributed by atoms with Gasteiger partial charge in [-0.3, -0.25) is 5.10 Å². The SMILES string of the molecule is NCCc1cn[nH]c1-c1ccc2c(c1)OCCO2. The Hall–Kier alpha value is -2.01. The standard InChI is InChI=1S/C13H15N3O2/c14-4-3-10-8-15-16-13(10)9-1-2-11-12(7-9)18-6-5-17-11/h1-2,7-8H,3-6,14H2,(H,15,16). The zero-order valence-corrected chi connectivity index (χ0v) is 9.98. The van der Waals surface area contributed by atoms with Gasteiger partial charge >= 0.3 is 0 Å². The summed E-state index contributed by atoms with van der Waals surface area (Å²) in [5, 5.41) is 7.09. The van der Waals surface area contributed by atoms with Crippen LogP contribution >= 0.6 is 0 Å². The molecule has 0 radical (unpaired) electrons. The highest BCUT2D eigenvalue weighted by Gasteiger charge is 2.14. The maximum Gasteiger partial charge on any atom is 0.162 e. The van der Waals surface area contributed by atoms with Crippen LogP contribution in [-0.4, -0.2) is 30.0 Å². The van der Waals surface area contributed by atoms with E-state index in [0.29, 0.717) is 19.8 Å². The third-order valence-electron chi connectivity index (χ3n) is 2.96. The Balaban J connectivity index is 1.98. The van der Waals surface area contributed by atoms with Gasteiger partial charge in [0.2, 0.25) is 0 Å². The van der Waals surface area contributed by atoms with Crippen molar-refractivity contribution in [2.75, 3.05) is 19.8 Å². The van der Waals surface area contributed by atoms with Crippen molar-refractivity contribution in [3.63, 3.8) is 0 Å². The van der Waals surface area contributed by atoms with Crippen molar-refractivity contribution in [3.8, 4) is 22.8 Å². The molecular formula is C13H15N3O2. The molecule has 0 spiro atoms. The summed E-state index contributed by atoms with van der Waals surface area (Å²) in [6.07, 6.45) is 2.62. The first kappa shape index (κ1) is 11.1. The molecule has 1 aliphatic heterocycles. The van der Waals surface area contributed by atoms with Crippen molar-refractivity contribution in [1.29, 1.82) is 0 Å². The summed E-state index contributed by atoms with van der Waals surface area (Å²) in [7, 11) is 0. The Bertz CT molecular complexity index is 551. The number of fused-ring (bicyclic) bond motifs is 1. The van der Waals surface area contributed by atoms with Crippen molar-refractivity contribution in [3.05, 3.63) is 30.0 Å². The van der Waals surface area contributed by atoms with Gasteiger partial charge in [0.1, 0.15) is 13.2 Å². The molecule has 0 saturated heterocycles. The molecule has 0 saturated carbocycles. The number of rotatable bonds is 3. The number of nitrogens with one attached hydrogen (secondary N) is 1. The molecule has 1 aliphatic rings. The van der Waals surface area contributed by atoms with Gasteiger partial charge in [-0.15, -0.1) is 0 Å². The molecule has 0 unspecified atom stereocenters. The average Bonchev–Trinajstić information content (AvgIpc) is 2.87. The van der Waals surface area contributed by atoms with Crippen molar-refractivity contribution in [2.45, 2.75) is 6.42 Å². The molecule has 0 atom stereocenters. The van der Waals surface area contributed by atoms with Gasteiger partial charge in [0.15, 0.2) is 11.5 Å². The highest BCUT2D eigenvalue weighted by Crippen LogP contribution is 2.34. The molecular weight excluding hydrogens is 230 g/mol. The molecule has 5 heteroatoms. The number of nitrogens with zero attached hydrogens (tertiary/aromatic N) is 1. The summed E-state index contributed by atoms with van der Waals surface area (Å²) in [4.78, 5) is 0. The lowest BCUT2D eigenvalue weighted by molar-refractivity contribution is 0.171. The van der Waals surface area contributed by atoms with E-state index in [1.54, 1.807) is 0 Å². The van der Waals surface area contributed by atoms with Crippen LogP contribution in [0.25, 0.3) is 11.3 Å². The monoisotopic (exact) mass is 245 g/mol. The molecule has 2 heterocycles. The van der Waals surface area contributed by atoms with E-state index in [9.17, 15) is 0 Å². The van der Waals surface area contributed by atoms with Crippen LogP contribution in [0, 0.1) is 0 Å². The maximum atomic E-state index is 5.59. The minimum Gasteiger partial charge on any atom is -0.486 e. The molecule has 0 bridgehead atoms. The fraction of sp³-hybridized carbons (Fsp3) is 0.308. The zero-order valence-electron chi connectivity index (χ0n) is 9.98. The third kappa shape index (κ3) is 1.93. The van der Waals surface area contributed by atoms with Crippen molar-refractivity contribution >= 4 is 0 Å². The Morgan fingerprint density at radius 2 is 2.06 bits per heavy atom. The smallest absolute Gasteiger partial charge is 0.162 e. The fourth-order valence-corrected chi connectivity index (χ4v) is 2.10. The molecule has 1 aromatic heterocycles. The van der Waals surface area contributed by atoms with Crippen LogP contribution in [0.2, 0.25) is 0 Å². The predicted molar refractivity (Wildman–Crippen MR) is 67.8 cm³/mol. The van der Waals surface area contributed by atoms with E-state index in [2.05, 4.69) is 10.2 Å². The van der Waals surface area contributed by atoms with Crippen LogP contribution in [0.3, 0.4) is 0 Å². The fourth-order valence-electron chi connectivity index (χ4n) is 2.10. The van der Waals surface area contributed by atoms with Crippen LogP contribution in [0.1, 0.15) is 5.56 Å². The largest absolute Gasteiger partial charge is 0.486 e. The molecule has 3 rings (SSSR count). The molecule has 1 aromatic carbocycles. The van der Waals surface area contributed by atoms with E-state index in [0.717, 1.165) is 34.7 Å². The second-order valence-corrected chi connectivity index (χ2v) is 4.17. The summed E-state index contributed by atoms with van der Waals surface area (Å²) in [6.45, 7) is 1.81. The van der Waals surface area contributed by atoms with Crippen LogP contribution < -0.4 is 15.2 Å². The number of hydrogen-bond acceptors (Lipinski definition) is 4. The molecule has 3 N–H and O–H groups in total. The number of ether oxygens (including phenoxy) is 2. The number of nitrogens with two attached hydrogens (primary N) is 1. The van der Waals surface area contributed by atoms with E-state index in [1.165, 1.54) is 0 Å². The molecule has 0 aliphatic carbocycles. The van der Waals surface area contributed by atoms with Gasteiger partial charge in [-0.2, -0.15) is 5.10 Å². The molecule has 5 nitrogen and oxygen atoms in total. The Labute approximate surface area is 105 Å². The number of benzene rings is 1. The minimum absolute atomic E-state index is 0.592. The predicted octanol–water partition coefficient (Wildman–Crippen LogP) is 1.35. The normalized spacial score (nSPS) is 13.6. The number of aromatic amines is 1. The zero-order chi connectivity index (χ0) is 12.4. The Kier molecular flexibility index (Phi) is 2.90. The third-order valence-corrected chi connectivity index (χ3v) is 2.96. The van der Waals surface area contributed by atoms with Gasteiger partial charge in [0, 0.05) is 5.56 Å². The van der Waals surface area contributed by atoms with Crippen molar-refractivity contribution < 1.29 is 9.47 Å². The number of hydrogen-bond donors (Lipinski definition) is 2. The Morgan fingerprint density at radius 3 is 2.89 bits per heavy atom. The van der Waals surface area contributed by atoms with E-state index in [4.69, 9.17) is 15.2 Å². The van der Waals surface area contributed by atoms with E-state index in [1.807, 2.05) is 24.4 Å². The van der Waals surface area contributed by atoms with Gasteiger partial charge in [-0.1, -0.05) is 0 Å². The van der Waals surface area contributed by atoms with Gasteiger partial charge < -0.3 is 15.2 Å². The highest BCUT2D eigenvalue weighted by molar-refractivity contribution is 5.66. The Morgan fingerprint density at radius 1 is 1.22 bits per heavy atom. The summed E-state index contributed by atoms with van der Waals surface area (Å²) >= 11 is 0. The first-order valence-corrected chi connectivity index (χ1v) is 6.01. The number of aromatic nitrogens is 2. The summed E-state index contributed by atoms with van der Waals surface area (Å²) in [5.74, 6) is 1.58. The molecule has 94 valence electrons. The van der Waals surface area contributed by atoms with E-state index < -0.39 is 0 Å². The summed E-state index contributed by atoms with van der Waals surface area (Å²) in [6, 6.07) is 5.90. The maximum absolute atomic E-state index is 5.59. The van der Waals surface area contributed by atoms with Crippen molar-refractivity contribution in [1.82, 2.24) is 10.2 Å². The van der Waals surface area contributed by atoms with Crippen LogP contribution in [0.4, 0.5) is 0 Å². The first-order valence-electron chi connectivity index (χ1n) is 6.01. The van der Waals surface area contributed by atoms with Crippen LogP contribution in [0.5, 0.6) is 11.5 Å². The first-order chi connectivity index (χ1) is 8.88. The second-order valence-electron chi connectivity index (χ2n) is 4.17. The quantitative estimate of drug-likeness (QED) is 0.856. The van der Waals surface area contributed by atoms with Crippen LogP contribution in [-0.2, 0) is 6.42 Å². The molecule has 18 heavy (non-hydrogen) atoms. The van der Waals surface area contributed by atoms with E-state index >= 15 is 0 Å². The summed E-state index contributed by atoms with van der Waals surface area (Å²) < 4.78 is 11.1. The van der Waals surface area contributed by atoms with E-state index in [-0.39, 0.29) is 0 Å². The van der Waals surface area contributed by atoms with Gasteiger partial charge in [0.25, 0.3) is 0 Å². The van der Waals surface area contributed by atoms with Crippen LogP contribution in [0.15, 0.2) is 24.4 Å².